The maximum atomic E-state index is 12.6. The Morgan fingerprint density at radius 2 is 1.93 bits per heavy atom. The van der Waals surface area contributed by atoms with Gasteiger partial charge >= 0.3 is 0 Å². The molecule has 1 fully saturated rings. The molecule has 0 unspecified atom stereocenters. The van der Waals surface area contributed by atoms with E-state index in [9.17, 15) is 14.0 Å². The second kappa shape index (κ2) is 3.81. The lowest BCUT2D eigenvalue weighted by Gasteiger charge is -2.05. The van der Waals surface area contributed by atoms with Crippen molar-refractivity contribution >= 4 is 11.8 Å². The van der Waals surface area contributed by atoms with Crippen LogP contribution in [0.1, 0.15) is 12.0 Å². The number of benzene rings is 1. The first-order valence-electron chi connectivity index (χ1n) is 4.73. The molecule has 2 rings (SSSR count). The van der Waals surface area contributed by atoms with Crippen LogP contribution in [0.5, 0.6) is 0 Å². The molecule has 0 spiro atoms. The van der Waals surface area contributed by atoms with Gasteiger partial charge in [0.25, 0.3) is 0 Å². The fraction of sp³-hybridized carbons (Fsp3) is 0.273. The molecule has 1 atom stereocenters. The van der Waals surface area contributed by atoms with E-state index in [-0.39, 0.29) is 30.0 Å². The molecule has 0 saturated carbocycles. The van der Waals surface area contributed by atoms with Gasteiger partial charge in [0.2, 0.25) is 11.8 Å². The summed E-state index contributed by atoms with van der Waals surface area (Å²) in [6.07, 6.45) is 0.716. The predicted molar refractivity (Wildman–Crippen MR) is 51.4 cm³/mol. The molecular formula is C11H10FNO2. The largest absolute Gasteiger partial charge is 0.296 e. The molecule has 15 heavy (non-hydrogen) atoms. The Hall–Kier alpha value is -1.71. The fourth-order valence-electron chi connectivity index (χ4n) is 1.68. The average molecular weight is 207 g/mol. The first kappa shape index (κ1) is 9.83. The Morgan fingerprint density at radius 1 is 1.27 bits per heavy atom. The second-order valence-corrected chi connectivity index (χ2v) is 3.64. The highest BCUT2D eigenvalue weighted by Crippen LogP contribution is 2.17. The Labute approximate surface area is 86.3 Å². The van der Waals surface area contributed by atoms with Crippen molar-refractivity contribution in [2.24, 2.45) is 5.92 Å². The van der Waals surface area contributed by atoms with E-state index in [1.807, 2.05) is 0 Å². The molecule has 0 bridgehead atoms. The van der Waals surface area contributed by atoms with E-state index < -0.39 is 0 Å². The average Bonchev–Trinajstić information content (AvgIpc) is 2.49. The van der Waals surface area contributed by atoms with Gasteiger partial charge < -0.3 is 0 Å². The zero-order chi connectivity index (χ0) is 10.8. The van der Waals surface area contributed by atoms with E-state index in [2.05, 4.69) is 5.32 Å². The van der Waals surface area contributed by atoms with Gasteiger partial charge in [0.1, 0.15) is 5.82 Å². The summed E-state index contributed by atoms with van der Waals surface area (Å²) in [7, 11) is 0. The van der Waals surface area contributed by atoms with Crippen molar-refractivity contribution in [3.05, 3.63) is 35.6 Å². The minimum atomic E-state index is -0.303. The van der Waals surface area contributed by atoms with Crippen LogP contribution in [0.15, 0.2) is 24.3 Å². The monoisotopic (exact) mass is 207 g/mol. The minimum Gasteiger partial charge on any atom is -0.296 e. The number of rotatable bonds is 2. The highest BCUT2D eigenvalue weighted by Gasteiger charge is 2.30. The van der Waals surface area contributed by atoms with Crippen LogP contribution in [-0.2, 0) is 16.0 Å². The number of hydrogen-bond donors (Lipinski definition) is 1. The van der Waals surface area contributed by atoms with E-state index in [0.29, 0.717) is 6.42 Å². The van der Waals surface area contributed by atoms with Crippen molar-refractivity contribution in [1.29, 1.82) is 0 Å². The molecule has 2 amide bonds. The number of hydrogen-bond acceptors (Lipinski definition) is 2. The van der Waals surface area contributed by atoms with Crippen LogP contribution < -0.4 is 5.32 Å². The summed E-state index contributed by atoms with van der Waals surface area (Å²) in [6.45, 7) is 0. The lowest BCUT2D eigenvalue weighted by Crippen LogP contribution is -2.22. The Morgan fingerprint density at radius 3 is 2.47 bits per heavy atom. The number of imide groups is 1. The molecule has 1 aromatic carbocycles. The van der Waals surface area contributed by atoms with Crippen molar-refractivity contribution in [2.75, 3.05) is 0 Å². The summed E-state index contributed by atoms with van der Waals surface area (Å²) in [5.74, 6) is -1.06. The lowest BCUT2D eigenvalue weighted by atomic mass is 9.98. The number of amides is 2. The molecule has 1 aliphatic heterocycles. The minimum absolute atomic E-state index is 0.230. The van der Waals surface area contributed by atoms with Crippen LogP contribution in [-0.4, -0.2) is 11.8 Å². The van der Waals surface area contributed by atoms with Crippen molar-refractivity contribution in [1.82, 2.24) is 5.32 Å². The zero-order valence-electron chi connectivity index (χ0n) is 8.00. The van der Waals surface area contributed by atoms with E-state index in [1.54, 1.807) is 12.1 Å². The van der Waals surface area contributed by atoms with E-state index in [0.717, 1.165) is 5.56 Å². The summed E-state index contributed by atoms with van der Waals surface area (Å²) in [5.41, 5.74) is 0.867. The highest BCUT2D eigenvalue weighted by molar-refractivity contribution is 6.03. The number of nitrogens with one attached hydrogen (secondary N) is 1. The van der Waals surface area contributed by atoms with Gasteiger partial charge in [-0.25, -0.2) is 4.39 Å². The molecule has 0 aromatic heterocycles. The molecule has 1 aromatic rings. The summed E-state index contributed by atoms with van der Waals surface area (Å²) < 4.78 is 12.6. The maximum absolute atomic E-state index is 12.6. The third-order valence-electron chi connectivity index (χ3n) is 2.46. The van der Waals surface area contributed by atoms with Crippen molar-refractivity contribution < 1.29 is 14.0 Å². The molecule has 1 aliphatic rings. The van der Waals surface area contributed by atoms with Gasteiger partial charge in [0.05, 0.1) is 5.92 Å². The normalized spacial score (nSPS) is 20.5. The van der Waals surface area contributed by atoms with Gasteiger partial charge in [-0.3, -0.25) is 14.9 Å². The lowest BCUT2D eigenvalue weighted by molar-refractivity contribution is -0.125. The molecular weight excluding hydrogens is 197 g/mol. The third-order valence-corrected chi connectivity index (χ3v) is 2.46. The first-order chi connectivity index (χ1) is 7.15. The summed E-state index contributed by atoms with van der Waals surface area (Å²) in [4.78, 5) is 22.2. The van der Waals surface area contributed by atoms with Gasteiger partial charge in [-0.05, 0) is 24.1 Å². The maximum Gasteiger partial charge on any atom is 0.230 e. The molecule has 1 N–H and O–H groups in total. The van der Waals surface area contributed by atoms with Crippen molar-refractivity contribution in [3.63, 3.8) is 0 Å². The number of halogens is 1. The quantitative estimate of drug-likeness (QED) is 0.736. The molecule has 1 heterocycles. The Bertz CT molecular complexity index is 400. The molecule has 1 saturated heterocycles. The Balaban J connectivity index is 2.06. The van der Waals surface area contributed by atoms with E-state index in [1.165, 1.54) is 12.1 Å². The smallest absolute Gasteiger partial charge is 0.230 e. The van der Waals surface area contributed by atoms with Crippen LogP contribution in [0, 0.1) is 11.7 Å². The molecule has 78 valence electrons. The number of carbonyl (C=O) groups excluding carboxylic acids is 2. The SMILES string of the molecule is O=C1C[C@H](Cc2ccc(F)cc2)C(=O)N1. The third kappa shape index (κ3) is 2.21. The topological polar surface area (TPSA) is 46.2 Å². The Kier molecular flexibility index (Phi) is 2.49. The zero-order valence-corrected chi connectivity index (χ0v) is 8.00. The van der Waals surface area contributed by atoms with Gasteiger partial charge in [-0.15, -0.1) is 0 Å². The van der Waals surface area contributed by atoms with Crippen molar-refractivity contribution in [2.45, 2.75) is 12.8 Å². The number of carbonyl (C=O) groups is 2. The van der Waals surface area contributed by atoms with Crippen molar-refractivity contribution in [3.8, 4) is 0 Å². The summed E-state index contributed by atoms with van der Waals surface area (Å²) in [6, 6.07) is 5.96. The summed E-state index contributed by atoms with van der Waals surface area (Å²) >= 11 is 0. The first-order valence-corrected chi connectivity index (χ1v) is 4.73. The van der Waals surface area contributed by atoms with Crippen LogP contribution in [0.3, 0.4) is 0 Å². The highest BCUT2D eigenvalue weighted by atomic mass is 19.1. The van der Waals surface area contributed by atoms with Crippen LogP contribution in [0.2, 0.25) is 0 Å². The summed E-state index contributed by atoms with van der Waals surface area (Å²) in [5, 5.41) is 2.25. The van der Waals surface area contributed by atoms with Gasteiger partial charge in [0, 0.05) is 6.42 Å². The van der Waals surface area contributed by atoms with E-state index >= 15 is 0 Å². The predicted octanol–water partition coefficient (Wildman–Crippen LogP) is 1.03. The molecule has 0 radical (unpaired) electrons. The van der Waals surface area contributed by atoms with E-state index in [4.69, 9.17) is 0 Å². The van der Waals surface area contributed by atoms with Crippen LogP contribution in [0.25, 0.3) is 0 Å². The fourth-order valence-corrected chi connectivity index (χ4v) is 1.68. The molecule has 3 nitrogen and oxygen atoms in total. The van der Waals surface area contributed by atoms with Crippen LogP contribution in [0.4, 0.5) is 4.39 Å². The standard InChI is InChI=1S/C11H10FNO2/c12-9-3-1-7(2-4-9)5-8-6-10(14)13-11(8)15/h1-4,8H,5-6H2,(H,13,14,15)/t8-/m0/s1. The van der Waals surface area contributed by atoms with Gasteiger partial charge in [-0.1, -0.05) is 12.1 Å². The second-order valence-electron chi connectivity index (χ2n) is 3.64. The van der Waals surface area contributed by atoms with Gasteiger partial charge in [-0.2, -0.15) is 0 Å². The van der Waals surface area contributed by atoms with Gasteiger partial charge in [0.15, 0.2) is 0 Å². The molecule has 4 heteroatoms. The van der Waals surface area contributed by atoms with Crippen LogP contribution >= 0.6 is 0 Å². The molecule has 0 aliphatic carbocycles.